The fraction of sp³-hybridized carbons (Fsp3) is 0.348. The van der Waals surface area contributed by atoms with Gasteiger partial charge in [0.25, 0.3) is 5.91 Å². The highest BCUT2D eigenvalue weighted by atomic mass is 16.5. The molecular formula is C23H27N3O4. The molecule has 2 aromatic carbocycles. The standard InChI is InChI=1S/C23H27N3O4/c1-4-25-19-12-8-9-13-20(19)26(23(25)29)15-14-21(27)30-17(2)22(28)24(3)16-18-10-6-5-7-11-18/h5-13,17H,4,14-16H2,1-3H3/t17-/m0/s1. The van der Waals surface area contributed by atoms with E-state index in [1.807, 2.05) is 61.5 Å². The van der Waals surface area contributed by atoms with E-state index >= 15 is 0 Å². The molecular weight excluding hydrogens is 382 g/mol. The molecule has 1 amide bonds. The molecule has 0 saturated carbocycles. The van der Waals surface area contributed by atoms with Crippen LogP contribution < -0.4 is 5.69 Å². The first-order chi connectivity index (χ1) is 14.4. The molecule has 0 aliphatic rings. The highest BCUT2D eigenvalue weighted by Crippen LogP contribution is 2.13. The molecule has 0 bridgehead atoms. The van der Waals surface area contributed by atoms with Gasteiger partial charge in [0.1, 0.15) is 0 Å². The molecule has 0 unspecified atom stereocenters. The SMILES string of the molecule is CCn1c(=O)n(CCC(=O)O[C@@H](C)C(=O)N(C)Cc2ccccc2)c2ccccc21. The van der Waals surface area contributed by atoms with Crippen LogP contribution in [0.1, 0.15) is 25.8 Å². The fourth-order valence-corrected chi connectivity index (χ4v) is 3.55. The number of carbonyl (C=O) groups excluding carboxylic acids is 2. The number of carbonyl (C=O) groups is 2. The van der Waals surface area contributed by atoms with E-state index in [0.717, 1.165) is 16.6 Å². The summed E-state index contributed by atoms with van der Waals surface area (Å²) < 4.78 is 8.57. The molecule has 0 aliphatic heterocycles. The number of para-hydroxylation sites is 2. The number of ether oxygens (including phenoxy) is 1. The summed E-state index contributed by atoms with van der Waals surface area (Å²) in [6, 6.07) is 17.1. The number of imidazole rings is 1. The quantitative estimate of drug-likeness (QED) is 0.536. The maximum absolute atomic E-state index is 12.6. The largest absolute Gasteiger partial charge is 0.452 e. The van der Waals surface area contributed by atoms with E-state index in [0.29, 0.717) is 13.1 Å². The van der Waals surface area contributed by atoms with E-state index in [9.17, 15) is 14.4 Å². The molecule has 0 fully saturated rings. The van der Waals surface area contributed by atoms with Gasteiger partial charge >= 0.3 is 11.7 Å². The van der Waals surface area contributed by atoms with Crippen molar-refractivity contribution >= 4 is 22.9 Å². The van der Waals surface area contributed by atoms with Crippen molar-refractivity contribution in [3.63, 3.8) is 0 Å². The molecule has 1 atom stereocenters. The van der Waals surface area contributed by atoms with Crippen LogP contribution in [0.2, 0.25) is 0 Å². The van der Waals surface area contributed by atoms with Gasteiger partial charge in [0.05, 0.1) is 17.5 Å². The third kappa shape index (κ3) is 4.62. The molecule has 0 aliphatic carbocycles. The average molecular weight is 409 g/mol. The number of benzene rings is 2. The summed E-state index contributed by atoms with van der Waals surface area (Å²) in [6.45, 7) is 4.66. The Balaban J connectivity index is 1.59. The molecule has 0 saturated heterocycles. The number of esters is 1. The number of hydrogen-bond acceptors (Lipinski definition) is 4. The molecule has 3 rings (SSSR count). The topological polar surface area (TPSA) is 73.5 Å². The van der Waals surface area contributed by atoms with Gasteiger partial charge in [0.2, 0.25) is 0 Å². The molecule has 158 valence electrons. The Morgan fingerprint density at radius 1 is 1.00 bits per heavy atom. The monoisotopic (exact) mass is 409 g/mol. The molecule has 3 aromatic rings. The van der Waals surface area contributed by atoms with E-state index in [1.165, 1.54) is 4.90 Å². The lowest BCUT2D eigenvalue weighted by Gasteiger charge is -2.21. The second-order valence-electron chi connectivity index (χ2n) is 7.23. The summed E-state index contributed by atoms with van der Waals surface area (Å²) in [5, 5.41) is 0. The van der Waals surface area contributed by atoms with Crippen LogP contribution in [0.4, 0.5) is 0 Å². The van der Waals surface area contributed by atoms with Crippen molar-refractivity contribution in [2.75, 3.05) is 7.05 Å². The highest BCUT2D eigenvalue weighted by Gasteiger charge is 2.22. The maximum Gasteiger partial charge on any atom is 0.329 e. The average Bonchev–Trinajstić information content (AvgIpc) is 3.02. The van der Waals surface area contributed by atoms with E-state index in [2.05, 4.69) is 0 Å². The number of aryl methyl sites for hydroxylation is 2. The second kappa shape index (κ2) is 9.43. The lowest BCUT2D eigenvalue weighted by molar-refractivity contribution is -0.158. The van der Waals surface area contributed by atoms with Crippen LogP contribution in [-0.4, -0.2) is 39.1 Å². The molecule has 0 radical (unpaired) electrons. The van der Waals surface area contributed by atoms with Crippen molar-refractivity contribution in [2.45, 2.75) is 46.0 Å². The number of amides is 1. The molecule has 7 heteroatoms. The minimum atomic E-state index is -0.889. The number of fused-ring (bicyclic) bond motifs is 1. The molecule has 0 N–H and O–H groups in total. The first kappa shape index (κ1) is 21.4. The van der Waals surface area contributed by atoms with Gasteiger partial charge in [0.15, 0.2) is 6.10 Å². The summed E-state index contributed by atoms with van der Waals surface area (Å²) in [7, 11) is 1.68. The fourth-order valence-electron chi connectivity index (χ4n) is 3.55. The molecule has 0 spiro atoms. The number of likely N-dealkylation sites (N-methyl/N-ethyl adjacent to an activating group) is 1. The Hall–Kier alpha value is -3.35. The third-order valence-electron chi connectivity index (χ3n) is 5.08. The third-order valence-corrected chi connectivity index (χ3v) is 5.08. The maximum atomic E-state index is 12.6. The smallest absolute Gasteiger partial charge is 0.329 e. The Kier molecular flexibility index (Phi) is 6.72. The van der Waals surface area contributed by atoms with Gasteiger partial charge in [-0.15, -0.1) is 0 Å². The van der Waals surface area contributed by atoms with Gasteiger partial charge in [-0.2, -0.15) is 0 Å². The number of aromatic nitrogens is 2. The zero-order chi connectivity index (χ0) is 21.7. The Bertz CT molecular complexity index is 1080. The zero-order valence-electron chi connectivity index (χ0n) is 17.6. The van der Waals surface area contributed by atoms with E-state index in [1.54, 1.807) is 23.1 Å². The molecule has 7 nitrogen and oxygen atoms in total. The number of rotatable bonds is 8. The summed E-state index contributed by atoms with van der Waals surface area (Å²) in [5.74, 6) is -0.781. The van der Waals surface area contributed by atoms with Gasteiger partial charge in [-0.1, -0.05) is 42.5 Å². The summed E-state index contributed by atoms with van der Waals surface area (Å²) >= 11 is 0. The van der Waals surface area contributed by atoms with Crippen molar-refractivity contribution in [2.24, 2.45) is 0 Å². The molecule has 30 heavy (non-hydrogen) atoms. The zero-order valence-corrected chi connectivity index (χ0v) is 17.6. The van der Waals surface area contributed by atoms with Crippen molar-refractivity contribution in [1.29, 1.82) is 0 Å². The Labute approximate surface area is 175 Å². The van der Waals surface area contributed by atoms with Crippen LogP contribution in [0.3, 0.4) is 0 Å². The van der Waals surface area contributed by atoms with E-state index < -0.39 is 12.1 Å². The van der Waals surface area contributed by atoms with Crippen molar-refractivity contribution in [1.82, 2.24) is 14.0 Å². The Morgan fingerprint density at radius 2 is 1.60 bits per heavy atom. The minimum Gasteiger partial charge on any atom is -0.452 e. The predicted octanol–water partition coefficient (Wildman–Crippen LogP) is 2.80. The highest BCUT2D eigenvalue weighted by molar-refractivity contribution is 5.83. The van der Waals surface area contributed by atoms with Crippen LogP contribution in [-0.2, 0) is 34.0 Å². The van der Waals surface area contributed by atoms with Crippen LogP contribution >= 0.6 is 0 Å². The van der Waals surface area contributed by atoms with Gasteiger partial charge in [-0.25, -0.2) is 4.79 Å². The van der Waals surface area contributed by atoms with Crippen LogP contribution in [0.5, 0.6) is 0 Å². The normalized spacial score (nSPS) is 12.0. The number of hydrogen-bond donors (Lipinski definition) is 0. The summed E-state index contributed by atoms with van der Waals surface area (Å²) in [6.07, 6.45) is -0.877. The predicted molar refractivity (Wildman–Crippen MR) is 115 cm³/mol. The van der Waals surface area contributed by atoms with Crippen LogP contribution in [0, 0.1) is 0 Å². The van der Waals surface area contributed by atoms with Crippen molar-refractivity contribution in [3.8, 4) is 0 Å². The Morgan fingerprint density at radius 3 is 2.23 bits per heavy atom. The van der Waals surface area contributed by atoms with Crippen molar-refractivity contribution < 1.29 is 14.3 Å². The van der Waals surface area contributed by atoms with E-state index in [4.69, 9.17) is 4.74 Å². The van der Waals surface area contributed by atoms with Gasteiger partial charge < -0.3 is 9.64 Å². The van der Waals surface area contributed by atoms with E-state index in [-0.39, 0.29) is 24.6 Å². The first-order valence-electron chi connectivity index (χ1n) is 10.1. The molecule has 1 aromatic heterocycles. The summed E-state index contributed by atoms with van der Waals surface area (Å²) in [4.78, 5) is 39.0. The van der Waals surface area contributed by atoms with Gasteiger partial charge in [0, 0.05) is 26.7 Å². The van der Waals surface area contributed by atoms with Gasteiger partial charge in [-0.3, -0.25) is 18.7 Å². The molecule has 1 heterocycles. The minimum absolute atomic E-state index is 0.0116. The lowest BCUT2D eigenvalue weighted by Crippen LogP contribution is -2.37. The van der Waals surface area contributed by atoms with Crippen LogP contribution in [0.25, 0.3) is 11.0 Å². The van der Waals surface area contributed by atoms with Crippen LogP contribution in [0.15, 0.2) is 59.4 Å². The van der Waals surface area contributed by atoms with Crippen molar-refractivity contribution in [3.05, 3.63) is 70.6 Å². The number of nitrogens with zero attached hydrogens (tertiary/aromatic N) is 3. The summed E-state index contributed by atoms with van der Waals surface area (Å²) in [5.41, 5.74) is 2.46. The first-order valence-corrected chi connectivity index (χ1v) is 10.1. The second-order valence-corrected chi connectivity index (χ2v) is 7.23. The lowest BCUT2D eigenvalue weighted by atomic mass is 10.2. The van der Waals surface area contributed by atoms with Gasteiger partial charge in [-0.05, 0) is 31.5 Å².